The van der Waals surface area contributed by atoms with E-state index in [0.717, 1.165) is 24.8 Å². The molecule has 0 aromatic heterocycles. The van der Waals surface area contributed by atoms with Gasteiger partial charge in [0.05, 0.1) is 23.4 Å². The van der Waals surface area contributed by atoms with E-state index in [1.54, 1.807) is 0 Å². The zero-order valence-corrected chi connectivity index (χ0v) is 11.8. The van der Waals surface area contributed by atoms with Crippen molar-refractivity contribution in [2.45, 2.75) is 33.1 Å². The highest BCUT2D eigenvalue weighted by Gasteiger charge is 2.51. The zero-order valence-electron chi connectivity index (χ0n) is 11.8. The Hall–Kier alpha value is -2.25. The number of allylic oxidation sites excluding steroid dienone is 4. The first kappa shape index (κ1) is 14.2. The van der Waals surface area contributed by atoms with Crippen LogP contribution in [0.1, 0.15) is 33.1 Å². The molecule has 0 spiro atoms. The number of fused-ring (bicyclic) bond motifs is 1. The molecule has 2 aliphatic rings. The molecule has 102 valence electrons. The van der Waals surface area contributed by atoms with Gasteiger partial charge in [0, 0.05) is 5.92 Å². The minimum atomic E-state index is -1.37. The van der Waals surface area contributed by atoms with Gasteiger partial charge >= 0.3 is 0 Å². The number of nitrogens with two attached hydrogens (primary N) is 1. The highest BCUT2D eigenvalue weighted by Crippen LogP contribution is 2.51. The number of hydrogen-bond donors (Lipinski definition) is 1. The summed E-state index contributed by atoms with van der Waals surface area (Å²) < 4.78 is 0. The van der Waals surface area contributed by atoms with Crippen molar-refractivity contribution in [3.05, 3.63) is 22.9 Å². The predicted octanol–water partition coefficient (Wildman–Crippen LogP) is 2.77. The molecule has 4 nitrogen and oxygen atoms in total. The van der Waals surface area contributed by atoms with Crippen LogP contribution in [0, 0.1) is 57.2 Å². The summed E-state index contributed by atoms with van der Waals surface area (Å²) in [6.07, 6.45) is 5.02. The summed E-state index contributed by atoms with van der Waals surface area (Å²) in [6, 6.07) is 6.26. The average Bonchev–Trinajstić information content (AvgIpc) is 2.49. The maximum absolute atomic E-state index is 9.49. The smallest absolute Gasteiger partial charge is 0.187 e. The number of nitriles is 3. The van der Waals surface area contributed by atoms with Gasteiger partial charge in [0.25, 0.3) is 0 Å². The van der Waals surface area contributed by atoms with Gasteiger partial charge in [-0.25, -0.2) is 0 Å². The lowest BCUT2D eigenvalue weighted by atomic mass is 9.58. The van der Waals surface area contributed by atoms with Gasteiger partial charge in [0.1, 0.15) is 6.07 Å². The molecule has 0 aromatic rings. The molecule has 2 aliphatic carbocycles. The van der Waals surface area contributed by atoms with E-state index in [9.17, 15) is 15.8 Å². The fourth-order valence-corrected chi connectivity index (χ4v) is 3.50. The summed E-state index contributed by atoms with van der Waals surface area (Å²) in [7, 11) is 0. The maximum Gasteiger partial charge on any atom is 0.187 e. The van der Waals surface area contributed by atoms with Crippen molar-refractivity contribution in [1.82, 2.24) is 0 Å². The van der Waals surface area contributed by atoms with E-state index < -0.39 is 5.41 Å². The molecule has 0 fully saturated rings. The Morgan fingerprint density at radius 1 is 1.35 bits per heavy atom. The van der Waals surface area contributed by atoms with Crippen LogP contribution >= 0.6 is 0 Å². The van der Waals surface area contributed by atoms with Gasteiger partial charge in [-0.05, 0) is 30.3 Å². The molecule has 0 bridgehead atoms. The van der Waals surface area contributed by atoms with Gasteiger partial charge in [-0.2, -0.15) is 15.8 Å². The van der Waals surface area contributed by atoms with E-state index in [4.69, 9.17) is 5.73 Å². The molecule has 20 heavy (non-hydrogen) atoms. The third kappa shape index (κ3) is 1.71. The molecular weight excluding hydrogens is 248 g/mol. The minimum Gasteiger partial charge on any atom is -0.399 e. The molecule has 0 radical (unpaired) electrons. The van der Waals surface area contributed by atoms with E-state index in [1.165, 1.54) is 0 Å². The molecule has 0 amide bonds. The van der Waals surface area contributed by atoms with Crippen molar-refractivity contribution in [2.24, 2.45) is 28.9 Å². The van der Waals surface area contributed by atoms with Crippen molar-refractivity contribution in [3.8, 4) is 18.2 Å². The van der Waals surface area contributed by atoms with Crippen molar-refractivity contribution in [3.63, 3.8) is 0 Å². The Morgan fingerprint density at radius 2 is 2.00 bits per heavy atom. The van der Waals surface area contributed by atoms with Crippen molar-refractivity contribution >= 4 is 0 Å². The summed E-state index contributed by atoms with van der Waals surface area (Å²) in [5.41, 5.74) is 6.09. The number of nitrogens with zero attached hydrogens (tertiary/aromatic N) is 3. The lowest BCUT2D eigenvalue weighted by Gasteiger charge is -2.43. The fraction of sp³-hybridized carbons (Fsp3) is 0.562. The predicted molar refractivity (Wildman–Crippen MR) is 74.2 cm³/mol. The van der Waals surface area contributed by atoms with Crippen molar-refractivity contribution in [1.29, 1.82) is 15.8 Å². The van der Waals surface area contributed by atoms with Gasteiger partial charge in [-0.15, -0.1) is 0 Å². The molecule has 0 heterocycles. The lowest BCUT2D eigenvalue weighted by molar-refractivity contribution is 0.224. The summed E-state index contributed by atoms with van der Waals surface area (Å²) in [4.78, 5) is 0. The first-order chi connectivity index (χ1) is 9.55. The van der Waals surface area contributed by atoms with Crippen LogP contribution in [-0.4, -0.2) is 0 Å². The Morgan fingerprint density at radius 3 is 2.50 bits per heavy atom. The molecule has 3 atom stereocenters. The monoisotopic (exact) mass is 266 g/mol. The van der Waals surface area contributed by atoms with Crippen LogP contribution in [0.15, 0.2) is 22.9 Å². The van der Waals surface area contributed by atoms with Gasteiger partial charge < -0.3 is 5.73 Å². The summed E-state index contributed by atoms with van der Waals surface area (Å²) in [6.45, 7) is 4.05. The minimum absolute atomic E-state index is 0.0787. The van der Waals surface area contributed by atoms with Crippen LogP contribution in [0.3, 0.4) is 0 Å². The van der Waals surface area contributed by atoms with Gasteiger partial charge in [0.15, 0.2) is 5.41 Å². The van der Waals surface area contributed by atoms with Crippen molar-refractivity contribution < 1.29 is 0 Å². The first-order valence-corrected chi connectivity index (χ1v) is 6.98. The van der Waals surface area contributed by atoms with Crippen LogP contribution in [0.5, 0.6) is 0 Å². The molecule has 0 unspecified atom stereocenters. The Labute approximate surface area is 119 Å². The molecule has 0 aromatic carbocycles. The second-order valence-corrected chi connectivity index (χ2v) is 5.73. The van der Waals surface area contributed by atoms with Crippen LogP contribution in [0.2, 0.25) is 0 Å². The van der Waals surface area contributed by atoms with E-state index in [1.807, 2.05) is 6.92 Å². The molecular formula is C16H18N4. The Kier molecular flexibility index (Phi) is 3.56. The topological polar surface area (TPSA) is 97.4 Å². The highest BCUT2D eigenvalue weighted by atomic mass is 14.7. The van der Waals surface area contributed by atoms with Gasteiger partial charge in [-0.3, -0.25) is 0 Å². The largest absolute Gasteiger partial charge is 0.399 e. The average molecular weight is 266 g/mol. The molecule has 4 heteroatoms. The van der Waals surface area contributed by atoms with E-state index in [-0.39, 0.29) is 17.5 Å². The standard InChI is InChI=1S/C16H18N4/c1-3-11-4-5-12-13(6-11)10(2)16(8-18,9-19)15(20)14(12)7-17/h5,10-11,13H,3-4,6,20H2,1-2H3/t10-,11+,13+/m0/s1. The molecule has 2 N–H and O–H groups in total. The van der Waals surface area contributed by atoms with E-state index in [2.05, 4.69) is 31.2 Å². The van der Waals surface area contributed by atoms with E-state index >= 15 is 0 Å². The van der Waals surface area contributed by atoms with Gasteiger partial charge in [-0.1, -0.05) is 26.3 Å². The number of rotatable bonds is 1. The van der Waals surface area contributed by atoms with Crippen LogP contribution in [0.4, 0.5) is 0 Å². The SMILES string of the molecule is CC[C@@H]1CC=C2C(C#N)=C(N)C(C#N)(C#N)[C@@H](C)[C@H]2C1. The molecule has 0 saturated carbocycles. The van der Waals surface area contributed by atoms with E-state index in [0.29, 0.717) is 11.5 Å². The van der Waals surface area contributed by atoms with Crippen LogP contribution < -0.4 is 5.73 Å². The molecule has 2 rings (SSSR count). The second kappa shape index (κ2) is 5.03. The maximum atomic E-state index is 9.49. The fourth-order valence-electron chi connectivity index (χ4n) is 3.50. The number of hydrogen-bond acceptors (Lipinski definition) is 4. The van der Waals surface area contributed by atoms with Crippen LogP contribution in [-0.2, 0) is 0 Å². The molecule has 0 aliphatic heterocycles. The first-order valence-electron chi connectivity index (χ1n) is 6.98. The Bertz CT molecular complexity index is 592. The normalized spacial score (nSPS) is 31.4. The summed E-state index contributed by atoms with van der Waals surface area (Å²) >= 11 is 0. The zero-order chi connectivity index (χ0) is 14.9. The Balaban J connectivity index is 2.65. The van der Waals surface area contributed by atoms with Gasteiger partial charge in [0.2, 0.25) is 0 Å². The third-order valence-corrected chi connectivity index (χ3v) is 4.97. The van der Waals surface area contributed by atoms with Crippen molar-refractivity contribution in [2.75, 3.05) is 0 Å². The molecule has 0 saturated heterocycles. The lowest BCUT2D eigenvalue weighted by Crippen LogP contribution is -2.43. The quantitative estimate of drug-likeness (QED) is 0.789. The highest BCUT2D eigenvalue weighted by molar-refractivity contribution is 5.56. The second-order valence-electron chi connectivity index (χ2n) is 5.73. The summed E-state index contributed by atoms with van der Waals surface area (Å²) in [5, 5.41) is 28.4. The van der Waals surface area contributed by atoms with Crippen LogP contribution in [0.25, 0.3) is 0 Å². The summed E-state index contributed by atoms with van der Waals surface area (Å²) in [5.74, 6) is 0.450. The third-order valence-electron chi connectivity index (χ3n) is 4.97.